The number of hydrogen-bond donors (Lipinski definition) is 2. The molecule has 1 heterocycles. The Kier molecular flexibility index (Phi) is 4.07. The van der Waals surface area contributed by atoms with Gasteiger partial charge in [0.15, 0.2) is 0 Å². The first-order valence-electron chi connectivity index (χ1n) is 4.95. The molecule has 1 aromatic rings. The average Bonchev–Trinajstić information content (AvgIpc) is 2.19. The van der Waals surface area contributed by atoms with Gasteiger partial charge < -0.3 is 4.98 Å². The van der Waals surface area contributed by atoms with Crippen LogP contribution in [0, 0.1) is 11.3 Å². The van der Waals surface area contributed by atoms with Crippen LogP contribution in [-0.4, -0.2) is 17.1 Å². The molecule has 2 N–H and O–H groups in total. The highest BCUT2D eigenvalue weighted by molar-refractivity contribution is 5.13. The second-order valence-corrected chi connectivity index (χ2v) is 3.73. The number of nitriles is 1. The van der Waals surface area contributed by atoms with Crippen LogP contribution in [0.2, 0.25) is 0 Å². The topological polar surface area (TPSA) is 68.7 Å². The van der Waals surface area contributed by atoms with Crippen LogP contribution >= 0.6 is 0 Å². The van der Waals surface area contributed by atoms with Crippen molar-refractivity contribution in [3.8, 4) is 6.07 Å². The minimum Gasteiger partial charge on any atom is -0.329 e. The zero-order valence-corrected chi connectivity index (χ0v) is 8.95. The highest BCUT2D eigenvalue weighted by atomic mass is 16.1. The van der Waals surface area contributed by atoms with E-state index in [2.05, 4.69) is 16.4 Å². The van der Waals surface area contributed by atoms with Gasteiger partial charge in [0.1, 0.15) is 0 Å². The van der Waals surface area contributed by atoms with Crippen LogP contribution < -0.4 is 10.9 Å². The first kappa shape index (κ1) is 11.5. The maximum Gasteiger partial charge on any atom is 0.251 e. The molecule has 80 valence electrons. The van der Waals surface area contributed by atoms with Crippen LogP contribution in [-0.2, 0) is 6.42 Å². The van der Waals surface area contributed by atoms with Gasteiger partial charge in [-0.05, 0) is 19.9 Å². The normalized spacial score (nSPS) is 12.4. The Balaban J connectivity index is 2.72. The van der Waals surface area contributed by atoms with E-state index in [1.807, 2.05) is 13.8 Å². The summed E-state index contributed by atoms with van der Waals surface area (Å²) in [7, 11) is 0. The van der Waals surface area contributed by atoms with Crippen LogP contribution in [0.5, 0.6) is 0 Å². The van der Waals surface area contributed by atoms with Gasteiger partial charge in [-0.25, -0.2) is 0 Å². The SMILES string of the molecule is CC(C)N[C@H](C#N)Cc1ccc[nH]c1=O. The summed E-state index contributed by atoms with van der Waals surface area (Å²) in [4.78, 5) is 14.0. The molecule has 0 bridgehead atoms. The van der Waals surface area contributed by atoms with Gasteiger partial charge in [0.25, 0.3) is 5.56 Å². The first-order chi connectivity index (χ1) is 7.13. The summed E-state index contributed by atoms with van der Waals surface area (Å²) in [5, 5.41) is 12.0. The Morgan fingerprint density at radius 3 is 2.87 bits per heavy atom. The van der Waals surface area contributed by atoms with E-state index in [1.54, 1.807) is 18.3 Å². The third-order valence-corrected chi connectivity index (χ3v) is 2.01. The summed E-state index contributed by atoms with van der Waals surface area (Å²) < 4.78 is 0. The molecule has 0 unspecified atom stereocenters. The number of nitrogens with zero attached hydrogens (tertiary/aromatic N) is 1. The lowest BCUT2D eigenvalue weighted by molar-refractivity contribution is 0.526. The molecule has 0 saturated heterocycles. The molecule has 0 saturated carbocycles. The molecule has 1 aromatic heterocycles. The van der Waals surface area contributed by atoms with Crippen molar-refractivity contribution >= 4 is 0 Å². The molecule has 0 aliphatic heterocycles. The third-order valence-electron chi connectivity index (χ3n) is 2.01. The lowest BCUT2D eigenvalue weighted by atomic mass is 10.1. The Hall–Kier alpha value is -1.60. The number of nitrogens with one attached hydrogen (secondary N) is 2. The van der Waals surface area contributed by atoms with E-state index in [0.29, 0.717) is 12.0 Å². The summed E-state index contributed by atoms with van der Waals surface area (Å²) >= 11 is 0. The number of aromatic nitrogens is 1. The zero-order chi connectivity index (χ0) is 11.3. The summed E-state index contributed by atoms with van der Waals surface area (Å²) in [5.74, 6) is 0. The molecule has 0 radical (unpaired) electrons. The monoisotopic (exact) mass is 205 g/mol. The van der Waals surface area contributed by atoms with E-state index >= 15 is 0 Å². The number of H-pyrrole nitrogens is 1. The largest absolute Gasteiger partial charge is 0.329 e. The van der Waals surface area contributed by atoms with Crippen molar-refractivity contribution in [1.82, 2.24) is 10.3 Å². The first-order valence-corrected chi connectivity index (χ1v) is 4.95. The minimum atomic E-state index is -0.312. The van der Waals surface area contributed by atoms with Crippen LogP contribution in [0.25, 0.3) is 0 Å². The smallest absolute Gasteiger partial charge is 0.251 e. The Bertz CT molecular complexity index is 403. The van der Waals surface area contributed by atoms with Gasteiger partial charge in [0, 0.05) is 24.2 Å². The van der Waals surface area contributed by atoms with Crippen molar-refractivity contribution in [1.29, 1.82) is 5.26 Å². The molecule has 1 rings (SSSR count). The summed E-state index contributed by atoms with van der Waals surface area (Å²) in [5.41, 5.74) is 0.514. The minimum absolute atomic E-state index is 0.122. The third kappa shape index (κ3) is 3.56. The summed E-state index contributed by atoms with van der Waals surface area (Å²) in [6.45, 7) is 3.94. The van der Waals surface area contributed by atoms with Crippen LogP contribution in [0.3, 0.4) is 0 Å². The van der Waals surface area contributed by atoms with Gasteiger partial charge in [-0.1, -0.05) is 6.07 Å². The molecular formula is C11H15N3O. The number of aromatic amines is 1. The fraction of sp³-hybridized carbons (Fsp3) is 0.455. The van der Waals surface area contributed by atoms with Gasteiger partial charge in [-0.15, -0.1) is 0 Å². The van der Waals surface area contributed by atoms with E-state index in [-0.39, 0.29) is 17.6 Å². The fourth-order valence-electron chi connectivity index (χ4n) is 1.38. The molecule has 0 amide bonds. The van der Waals surface area contributed by atoms with Crippen molar-refractivity contribution in [3.63, 3.8) is 0 Å². The van der Waals surface area contributed by atoms with Crippen molar-refractivity contribution < 1.29 is 0 Å². The van der Waals surface area contributed by atoms with Crippen molar-refractivity contribution in [2.24, 2.45) is 0 Å². The summed E-state index contributed by atoms with van der Waals surface area (Å²) in [6, 6.07) is 5.57. The van der Waals surface area contributed by atoms with Gasteiger partial charge >= 0.3 is 0 Å². The van der Waals surface area contributed by atoms with E-state index in [0.717, 1.165) is 0 Å². The number of rotatable bonds is 4. The Morgan fingerprint density at radius 1 is 1.60 bits per heavy atom. The second-order valence-electron chi connectivity index (χ2n) is 3.73. The second kappa shape index (κ2) is 5.32. The zero-order valence-electron chi connectivity index (χ0n) is 8.95. The lowest BCUT2D eigenvalue weighted by Gasteiger charge is -2.13. The van der Waals surface area contributed by atoms with Gasteiger partial charge in [0.05, 0.1) is 12.1 Å². The Labute approximate surface area is 88.9 Å². The van der Waals surface area contributed by atoms with E-state index in [4.69, 9.17) is 5.26 Å². The molecule has 0 aliphatic rings. The van der Waals surface area contributed by atoms with Gasteiger partial charge in [0.2, 0.25) is 0 Å². The van der Waals surface area contributed by atoms with Crippen molar-refractivity contribution in [2.45, 2.75) is 32.4 Å². The molecule has 0 aliphatic carbocycles. The maximum atomic E-state index is 11.4. The molecule has 4 heteroatoms. The predicted octanol–water partition coefficient (Wildman–Crippen LogP) is 0.808. The molecule has 15 heavy (non-hydrogen) atoms. The highest BCUT2D eigenvalue weighted by Gasteiger charge is 2.11. The highest BCUT2D eigenvalue weighted by Crippen LogP contribution is 1.97. The molecule has 0 aromatic carbocycles. The van der Waals surface area contributed by atoms with Crippen LogP contribution in [0.15, 0.2) is 23.1 Å². The summed E-state index contributed by atoms with van der Waals surface area (Å²) in [6.07, 6.45) is 2.02. The van der Waals surface area contributed by atoms with Crippen LogP contribution in [0.4, 0.5) is 0 Å². The lowest BCUT2D eigenvalue weighted by Crippen LogP contribution is -2.36. The van der Waals surface area contributed by atoms with Crippen molar-refractivity contribution in [3.05, 3.63) is 34.2 Å². The van der Waals surface area contributed by atoms with E-state index in [9.17, 15) is 4.79 Å². The van der Waals surface area contributed by atoms with E-state index < -0.39 is 0 Å². The quantitative estimate of drug-likeness (QED) is 0.764. The Morgan fingerprint density at radius 2 is 2.33 bits per heavy atom. The van der Waals surface area contributed by atoms with Gasteiger partial charge in [-0.2, -0.15) is 5.26 Å². The molecule has 1 atom stereocenters. The van der Waals surface area contributed by atoms with Crippen LogP contribution in [0.1, 0.15) is 19.4 Å². The molecule has 0 spiro atoms. The molecule has 4 nitrogen and oxygen atoms in total. The number of hydrogen-bond acceptors (Lipinski definition) is 3. The maximum absolute atomic E-state index is 11.4. The van der Waals surface area contributed by atoms with Gasteiger partial charge in [-0.3, -0.25) is 10.1 Å². The average molecular weight is 205 g/mol. The fourth-order valence-corrected chi connectivity index (χ4v) is 1.38. The van der Waals surface area contributed by atoms with E-state index in [1.165, 1.54) is 0 Å². The molecule has 0 fully saturated rings. The molecular weight excluding hydrogens is 190 g/mol. The van der Waals surface area contributed by atoms with Crippen molar-refractivity contribution in [2.75, 3.05) is 0 Å². The number of pyridine rings is 1. The predicted molar refractivity (Wildman–Crippen MR) is 58.4 cm³/mol. The standard InChI is InChI=1S/C11H15N3O/c1-8(2)14-10(7-12)6-9-4-3-5-13-11(9)15/h3-5,8,10,14H,6H2,1-2H3,(H,13,15)/t10-/m0/s1.